The van der Waals surface area contributed by atoms with E-state index in [0.717, 1.165) is 10.6 Å². The molecule has 0 radical (unpaired) electrons. The first-order valence-electron chi connectivity index (χ1n) is 11.4. The molecule has 0 atom stereocenters. The second kappa shape index (κ2) is 9.39. The molecular formula is C25H20F4N4O4S. The maximum atomic E-state index is 15.2. The molecular weight excluding hydrogens is 528 g/mol. The van der Waals surface area contributed by atoms with Crippen molar-refractivity contribution in [3.63, 3.8) is 0 Å². The second-order valence-corrected chi connectivity index (χ2v) is 10.5. The van der Waals surface area contributed by atoms with Gasteiger partial charge in [0.05, 0.1) is 29.1 Å². The predicted octanol–water partition coefficient (Wildman–Crippen LogP) is 4.79. The molecule has 198 valence electrons. The molecule has 8 nitrogen and oxygen atoms in total. The highest BCUT2D eigenvalue weighted by atomic mass is 32.2. The highest BCUT2D eigenvalue weighted by molar-refractivity contribution is 7.92. The zero-order chi connectivity index (χ0) is 27.2. The van der Waals surface area contributed by atoms with E-state index in [1.807, 2.05) is 0 Å². The molecule has 1 aliphatic carbocycles. The van der Waals surface area contributed by atoms with Gasteiger partial charge in [0.25, 0.3) is 15.6 Å². The maximum Gasteiger partial charge on any atom is 0.391 e. The summed E-state index contributed by atoms with van der Waals surface area (Å²) >= 11 is 0. The van der Waals surface area contributed by atoms with Crippen LogP contribution in [0.15, 0.2) is 70.6 Å². The molecule has 1 aliphatic rings. The third kappa shape index (κ3) is 4.69. The lowest BCUT2D eigenvalue weighted by Gasteiger charge is -2.37. The molecule has 2 heterocycles. The number of rotatable bonds is 6. The number of benzene rings is 2. The van der Waals surface area contributed by atoms with Crippen molar-refractivity contribution in [3.05, 3.63) is 82.7 Å². The molecule has 0 saturated heterocycles. The molecule has 4 aromatic rings. The highest BCUT2D eigenvalue weighted by Crippen LogP contribution is 2.50. The molecule has 1 saturated carbocycles. The van der Waals surface area contributed by atoms with Crippen LogP contribution in [-0.2, 0) is 10.0 Å². The number of nitrogens with zero attached hydrogens (tertiary/aromatic N) is 3. The van der Waals surface area contributed by atoms with E-state index in [1.54, 1.807) is 0 Å². The van der Waals surface area contributed by atoms with E-state index in [2.05, 4.69) is 14.7 Å². The van der Waals surface area contributed by atoms with Crippen LogP contribution in [-0.4, -0.2) is 36.2 Å². The number of hydrogen-bond donors (Lipinski definition) is 1. The minimum absolute atomic E-state index is 0.0301. The number of nitrogens with one attached hydrogen (secondary N) is 1. The van der Waals surface area contributed by atoms with Crippen LogP contribution < -0.4 is 15.0 Å². The SMILES string of the molecule is COc1cc([C@H]2C[C@H](C(F)(F)F)C2)c(F)cc1-n1c(=O)ccc2cc(S(=O)(=O)Nc3ncccn3)ccc21. The molecule has 13 heteroatoms. The molecule has 5 rings (SSSR count). The number of alkyl halides is 3. The van der Waals surface area contributed by atoms with Gasteiger partial charge in [-0.05, 0) is 60.7 Å². The van der Waals surface area contributed by atoms with Gasteiger partial charge >= 0.3 is 6.18 Å². The van der Waals surface area contributed by atoms with Gasteiger partial charge in [-0.25, -0.2) is 27.5 Å². The summed E-state index contributed by atoms with van der Waals surface area (Å²) in [5, 5.41) is 0.347. The van der Waals surface area contributed by atoms with Crippen LogP contribution in [0.2, 0.25) is 0 Å². The molecule has 0 unspecified atom stereocenters. The van der Waals surface area contributed by atoms with Gasteiger partial charge in [0.15, 0.2) is 0 Å². The molecule has 0 aliphatic heterocycles. The first kappa shape index (κ1) is 25.6. The molecule has 2 aromatic carbocycles. The first-order chi connectivity index (χ1) is 18.0. The summed E-state index contributed by atoms with van der Waals surface area (Å²) in [5.41, 5.74) is -0.168. The second-order valence-electron chi connectivity index (χ2n) is 8.86. The minimum Gasteiger partial charge on any atom is -0.495 e. The van der Waals surface area contributed by atoms with Crippen LogP contribution in [0.25, 0.3) is 16.6 Å². The fraction of sp³-hybridized carbons (Fsp3) is 0.240. The van der Waals surface area contributed by atoms with E-state index in [1.165, 1.54) is 62.0 Å². The summed E-state index contributed by atoms with van der Waals surface area (Å²) < 4.78 is 88.4. The van der Waals surface area contributed by atoms with Crippen molar-refractivity contribution in [1.29, 1.82) is 0 Å². The normalized spacial score (nSPS) is 17.7. The van der Waals surface area contributed by atoms with Gasteiger partial charge in [0, 0.05) is 29.9 Å². The molecule has 1 N–H and O–H groups in total. The summed E-state index contributed by atoms with van der Waals surface area (Å²) in [5.74, 6) is -2.90. The van der Waals surface area contributed by atoms with E-state index in [-0.39, 0.29) is 46.2 Å². The van der Waals surface area contributed by atoms with Gasteiger partial charge < -0.3 is 4.74 Å². The lowest BCUT2D eigenvalue weighted by atomic mass is 9.71. The van der Waals surface area contributed by atoms with E-state index < -0.39 is 39.4 Å². The third-order valence-electron chi connectivity index (χ3n) is 6.55. The van der Waals surface area contributed by atoms with Crippen molar-refractivity contribution >= 4 is 26.9 Å². The Kier molecular flexibility index (Phi) is 6.33. The number of fused-ring (bicyclic) bond motifs is 1. The molecule has 38 heavy (non-hydrogen) atoms. The van der Waals surface area contributed by atoms with E-state index in [9.17, 15) is 26.4 Å². The average Bonchev–Trinajstić information content (AvgIpc) is 2.83. The monoisotopic (exact) mass is 548 g/mol. The van der Waals surface area contributed by atoms with E-state index in [0.29, 0.717) is 5.39 Å². The van der Waals surface area contributed by atoms with Gasteiger partial charge in [-0.3, -0.25) is 9.36 Å². The van der Waals surface area contributed by atoms with Crippen molar-refractivity contribution in [1.82, 2.24) is 14.5 Å². The van der Waals surface area contributed by atoms with Crippen molar-refractivity contribution < 1.29 is 30.7 Å². The quantitative estimate of drug-likeness (QED) is 0.348. The Bertz CT molecular complexity index is 1690. The number of halogens is 4. The zero-order valence-corrected chi connectivity index (χ0v) is 20.6. The number of hydrogen-bond acceptors (Lipinski definition) is 6. The van der Waals surface area contributed by atoms with Crippen LogP contribution >= 0.6 is 0 Å². The van der Waals surface area contributed by atoms with E-state index >= 15 is 4.39 Å². The third-order valence-corrected chi connectivity index (χ3v) is 7.87. The number of methoxy groups -OCH3 is 1. The lowest BCUT2D eigenvalue weighted by molar-refractivity contribution is -0.197. The summed E-state index contributed by atoms with van der Waals surface area (Å²) in [6.45, 7) is 0. The van der Waals surface area contributed by atoms with Crippen molar-refractivity contribution in [2.24, 2.45) is 5.92 Å². The highest BCUT2D eigenvalue weighted by Gasteiger charge is 2.48. The Hall–Kier alpha value is -4.00. The summed E-state index contributed by atoms with van der Waals surface area (Å²) in [4.78, 5) is 20.4. The number of pyridine rings is 1. The smallest absolute Gasteiger partial charge is 0.391 e. The van der Waals surface area contributed by atoms with Crippen LogP contribution in [0.5, 0.6) is 5.75 Å². The van der Waals surface area contributed by atoms with Gasteiger partial charge in [-0.15, -0.1) is 0 Å². The fourth-order valence-corrected chi connectivity index (χ4v) is 5.51. The number of aromatic nitrogens is 3. The van der Waals surface area contributed by atoms with Gasteiger partial charge in [-0.2, -0.15) is 13.2 Å². The van der Waals surface area contributed by atoms with Crippen LogP contribution in [0.4, 0.5) is 23.5 Å². The van der Waals surface area contributed by atoms with Crippen LogP contribution in [0.3, 0.4) is 0 Å². The Balaban J connectivity index is 1.54. The van der Waals surface area contributed by atoms with Crippen molar-refractivity contribution in [2.75, 3.05) is 11.8 Å². The number of ether oxygens (including phenoxy) is 1. The molecule has 0 bridgehead atoms. The largest absolute Gasteiger partial charge is 0.495 e. The molecule has 0 amide bonds. The van der Waals surface area contributed by atoms with E-state index in [4.69, 9.17) is 4.74 Å². The maximum absolute atomic E-state index is 15.2. The standard InChI is InChI=1S/C25H20F4N4O4S/c1-37-22-12-18(15-9-16(10-15)25(27,28)29)19(26)13-21(22)33-20-5-4-17(11-14(20)3-6-23(33)34)38(35,36)32-24-30-7-2-8-31-24/h2-8,11-13,15-16H,9-10H2,1H3,(H,30,31,32)/t15-,16-. The Labute approximate surface area is 214 Å². The molecule has 1 fully saturated rings. The van der Waals surface area contributed by atoms with Gasteiger partial charge in [-0.1, -0.05) is 0 Å². The summed E-state index contributed by atoms with van der Waals surface area (Å²) in [7, 11) is -2.76. The summed E-state index contributed by atoms with van der Waals surface area (Å²) in [6, 6.07) is 10.5. The van der Waals surface area contributed by atoms with Crippen LogP contribution in [0, 0.1) is 11.7 Å². The first-order valence-corrected chi connectivity index (χ1v) is 12.9. The number of sulfonamides is 1. The average molecular weight is 549 g/mol. The Morgan fingerprint density at radius 3 is 2.42 bits per heavy atom. The topological polar surface area (TPSA) is 103 Å². The van der Waals surface area contributed by atoms with Crippen LogP contribution in [0.1, 0.15) is 24.3 Å². The van der Waals surface area contributed by atoms with Gasteiger partial charge in [0.1, 0.15) is 11.6 Å². The fourth-order valence-electron chi connectivity index (χ4n) is 4.52. The van der Waals surface area contributed by atoms with Crippen molar-refractivity contribution in [2.45, 2.75) is 29.8 Å². The summed E-state index contributed by atoms with van der Waals surface area (Å²) in [6.07, 6.45) is -2.03. The number of anilines is 1. The molecule has 0 spiro atoms. The Morgan fingerprint density at radius 1 is 1.05 bits per heavy atom. The minimum atomic E-state index is -4.33. The lowest BCUT2D eigenvalue weighted by Crippen LogP contribution is -2.34. The zero-order valence-electron chi connectivity index (χ0n) is 19.7. The molecule has 2 aromatic heterocycles. The predicted molar refractivity (Wildman–Crippen MR) is 130 cm³/mol. The van der Waals surface area contributed by atoms with Gasteiger partial charge in [0.2, 0.25) is 5.95 Å². The van der Waals surface area contributed by atoms with Crippen molar-refractivity contribution in [3.8, 4) is 11.4 Å². The Morgan fingerprint density at radius 2 is 1.76 bits per heavy atom.